The molecule has 1 heterocycles. The van der Waals surface area contributed by atoms with Crippen molar-refractivity contribution in [2.75, 3.05) is 52.5 Å². The smallest absolute Gasteiger partial charge is 0.245 e. The number of carbonyl (C=O) groups is 3. The number of methoxy groups -OCH3 is 1. The largest absolute Gasteiger partial charge is 0.496 e. The van der Waals surface area contributed by atoms with E-state index in [1.165, 1.54) is 7.11 Å². The predicted octanol–water partition coefficient (Wildman–Crippen LogP) is 2.72. The molecule has 1 aliphatic heterocycles. The molecule has 2 amide bonds. The average molecular weight is 716 g/mol. The molecular weight excluding hydrogens is 662 g/mol. The number of hydrogen-bond donors (Lipinski definition) is 4. The van der Waals surface area contributed by atoms with Gasteiger partial charge in [-0.25, -0.2) is 8.42 Å². The summed E-state index contributed by atoms with van der Waals surface area (Å²) in [5.74, 6) is -2.67. The number of amidine groups is 1. The summed E-state index contributed by atoms with van der Waals surface area (Å²) in [6, 6.07) is 7.48. The van der Waals surface area contributed by atoms with Crippen LogP contribution in [0, 0.1) is 32.1 Å². The molecule has 2 atom stereocenters. The fourth-order valence-electron chi connectivity index (χ4n) is 6.22. The molecule has 2 unspecified atom stereocenters. The van der Waals surface area contributed by atoms with E-state index < -0.39 is 33.5 Å². The van der Waals surface area contributed by atoms with Gasteiger partial charge in [0.1, 0.15) is 23.4 Å². The lowest BCUT2D eigenvalue weighted by atomic mass is 9.98. The number of amides is 2. The number of benzene rings is 2. The van der Waals surface area contributed by atoms with Crippen LogP contribution < -0.4 is 21.5 Å². The maximum absolute atomic E-state index is 14.1. The molecule has 6 N–H and O–H groups in total. The first-order valence-corrected chi connectivity index (χ1v) is 18.7. The van der Waals surface area contributed by atoms with Gasteiger partial charge >= 0.3 is 0 Å². The molecule has 0 radical (unpaired) electrons. The normalized spacial score (nSPS) is 14.5. The first-order chi connectivity index (χ1) is 23.8. The first kappa shape index (κ1) is 40.6. The molecule has 1 fully saturated rings. The van der Waals surface area contributed by atoms with Crippen LogP contribution in [0.2, 0.25) is 0 Å². The molecule has 0 saturated carbocycles. The number of nitrogen functional groups attached to an aromatic ring is 1. The Morgan fingerprint density at radius 2 is 1.64 bits per heavy atom. The molecule has 50 heavy (non-hydrogen) atoms. The zero-order valence-corrected chi connectivity index (χ0v) is 30.5. The molecule has 276 valence electrons. The molecule has 0 bridgehead atoms. The number of carbonyl (C=O) groups excluding carboxylic acids is 3. The third kappa shape index (κ3) is 11.6. The highest BCUT2D eigenvalue weighted by molar-refractivity contribution is 7.91. The van der Waals surface area contributed by atoms with Gasteiger partial charge in [-0.2, -0.15) is 0 Å². The van der Waals surface area contributed by atoms with E-state index in [0.29, 0.717) is 60.7 Å². The Labute approximate surface area is 295 Å². The number of nitrogens with two attached hydrogens (primary N) is 2. The number of likely N-dealkylation sites (tertiary alicyclic amines) is 1. The van der Waals surface area contributed by atoms with Crippen molar-refractivity contribution in [3.63, 3.8) is 0 Å². The van der Waals surface area contributed by atoms with Gasteiger partial charge in [-0.15, -0.1) is 0 Å². The van der Waals surface area contributed by atoms with Crippen molar-refractivity contribution in [1.82, 2.24) is 10.2 Å². The van der Waals surface area contributed by atoms with E-state index in [2.05, 4.69) is 5.32 Å². The molecule has 14 heteroatoms. The molecule has 1 saturated heterocycles. The third-order valence-corrected chi connectivity index (χ3v) is 11.1. The van der Waals surface area contributed by atoms with Crippen LogP contribution in [0.5, 0.6) is 5.75 Å². The quantitative estimate of drug-likeness (QED) is 0.0683. The summed E-state index contributed by atoms with van der Waals surface area (Å²) < 4.78 is 44.1. The topological polar surface area (TPSA) is 204 Å². The summed E-state index contributed by atoms with van der Waals surface area (Å²) in [5.41, 5.74) is 13.8. The zero-order valence-electron chi connectivity index (χ0n) is 29.7. The van der Waals surface area contributed by atoms with Crippen LogP contribution in [-0.2, 0) is 40.1 Å². The molecule has 2 aromatic carbocycles. The number of hydrogen-bond acceptors (Lipinski definition) is 10. The van der Waals surface area contributed by atoms with Gasteiger partial charge in [-0.1, -0.05) is 24.3 Å². The number of rotatable bonds is 20. The molecular formula is C36H53N5O8S. The van der Waals surface area contributed by atoms with E-state index in [1.807, 2.05) is 0 Å². The number of ketones is 1. The van der Waals surface area contributed by atoms with Crippen molar-refractivity contribution >= 4 is 33.3 Å². The minimum atomic E-state index is -4.09. The Morgan fingerprint density at radius 1 is 0.980 bits per heavy atom. The maximum atomic E-state index is 14.1. The lowest BCUT2D eigenvalue weighted by Crippen LogP contribution is -2.52. The van der Waals surface area contributed by atoms with Crippen LogP contribution in [0.3, 0.4) is 0 Å². The summed E-state index contributed by atoms with van der Waals surface area (Å²) in [7, 11) is -2.58. The number of aryl methyl sites for hydroxylation is 1. The molecule has 0 spiro atoms. The van der Waals surface area contributed by atoms with E-state index in [9.17, 15) is 22.8 Å². The third-order valence-electron chi connectivity index (χ3n) is 9.00. The van der Waals surface area contributed by atoms with E-state index in [4.69, 9.17) is 31.1 Å². The van der Waals surface area contributed by atoms with Crippen molar-refractivity contribution < 1.29 is 37.0 Å². The fraction of sp³-hybridized carbons (Fsp3) is 0.556. The number of ether oxygens (including phenoxy) is 3. The van der Waals surface area contributed by atoms with Gasteiger partial charge in [0, 0.05) is 44.5 Å². The second kappa shape index (κ2) is 19.5. The summed E-state index contributed by atoms with van der Waals surface area (Å²) in [5, 5.41) is 10.5. The first-order valence-electron chi connectivity index (χ1n) is 17.1. The van der Waals surface area contributed by atoms with Gasteiger partial charge in [0.05, 0.1) is 43.6 Å². The Balaban J connectivity index is 1.90. The van der Waals surface area contributed by atoms with Gasteiger partial charge in [0.2, 0.25) is 11.8 Å². The van der Waals surface area contributed by atoms with Crippen molar-refractivity contribution in [2.24, 2.45) is 17.4 Å². The van der Waals surface area contributed by atoms with Crippen LogP contribution in [0.1, 0.15) is 66.3 Å². The summed E-state index contributed by atoms with van der Waals surface area (Å²) in [6.45, 7) is 7.26. The SMILES string of the molecule is COc1cc(C)c(S(=O)(=O)CC(CC(=O)CCCOCCOCN)C(=O)NC(Cc2ccc(C(=N)N)cc2)C(=O)N2CCCCC2)c(C)c1C. The minimum absolute atomic E-state index is 0.0832. The Morgan fingerprint density at radius 3 is 2.26 bits per heavy atom. The molecule has 1 aliphatic rings. The Kier molecular flexibility index (Phi) is 15.8. The zero-order chi connectivity index (χ0) is 36.8. The predicted molar refractivity (Wildman–Crippen MR) is 191 cm³/mol. The number of nitrogens with one attached hydrogen (secondary N) is 2. The lowest BCUT2D eigenvalue weighted by Gasteiger charge is -2.31. The molecule has 0 aromatic heterocycles. The van der Waals surface area contributed by atoms with Crippen molar-refractivity contribution in [1.29, 1.82) is 5.41 Å². The van der Waals surface area contributed by atoms with Crippen molar-refractivity contribution in [3.05, 3.63) is 58.1 Å². The van der Waals surface area contributed by atoms with Gasteiger partial charge in [0.25, 0.3) is 0 Å². The maximum Gasteiger partial charge on any atom is 0.245 e. The average Bonchev–Trinajstić information content (AvgIpc) is 3.08. The van der Waals surface area contributed by atoms with Crippen LogP contribution >= 0.6 is 0 Å². The molecule has 13 nitrogen and oxygen atoms in total. The van der Waals surface area contributed by atoms with Crippen LogP contribution in [-0.4, -0.2) is 95.3 Å². The standard InChI is InChI=1S/C36H53N5O8S/c1-24-19-32(47-4)25(2)26(3)33(24)50(45,46)22-29(21-30(42)9-8-16-48-17-18-49-23-37)35(43)40-31(36(44)41-14-6-5-7-15-41)20-27-10-12-28(13-11-27)34(38)39/h10-13,19,29,31H,5-9,14-18,20-23,37H2,1-4H3,(H3,38,39)(H,40,43). The molecule has 0 aliphatic carbocycles. The summed E-state index contributed by atoms with van der Waals surface area (Å²) >= 11 is 0. The number of sulfone groups is 1. The number of piperidine rings is 1. The number of Topliss-reactive ketones (excluding diaryl/α,β-unsaturated/α-hetero) is 1. The van der Waals surface area contributed by atoms with Gasteiger partial charge in [-0.3, -0.25) is 19.8 Å². The van der Waals surface area contributed by atoms with E-state index in [-0.39, 0.29) is 55.0 Å². The van der Waals surface area contributed by atoms with Gasteiger partial charge in [0.15, 0.2) is 9.84 Å². The second-order valence-electron chi connectivity index (χ2n) is 12.7. The number of nitrogens with zero attached hydrogens (tertiary/aromatic N) is 1. The fourth-order valence-corrected chi connectivity index (χ4v) is 8.35. The van der Waals surface area contributed by atoms with Crippen molar-refractivity contribution in [3.8, 4) is 5.75 Å². The minimum Gasteiger partial charge on any atom is -0.496 e. The Hall–Kier alpha value is -3.85. The Bertz CT molecular complexity index is 1590. The summed E-state index contributed by atoms with van der Waals surface area (Å²) in [6.07, 6.45) is 2.97. The van der Waals surface area contributed by atoms with Crippen LogP contribution in [0.4, 0.5) is 0 Å². The highest BCUT2D eigenvalue weighted by atomic mass is 32.2. The highest BCUT2D eigenvalue weighted by Crippen LogP contribution is 2.32. The highest BCUT2D eigenvalue weighted by Gasteiger charge is 2.35. The van der Waals surface area contributed by atoms with Crippen LogP contribution in [0.15, 0.2) is 35.2 Å². The van der Waals surface area contributed by atoms with E-state index in [1.54, 1.807) is 56.0 Å². The molecule has 2 aromatic rings. The second-order valence-corrected chi connectivity index (χ2v) is 14.7. The molecule has 3 rings (SSSR count). The summed E-state index contributed by atoms with van der Waals surface area (Å²) in [4.78, 5) is 43.0. The lowest BCUT2D eigenvalue weighted by molar-refractivity contribution is -0.138. The van der Waals surface area contributed by atoms with Crippen LogP contribution in [0.25, 0.3) is 0 Å². The van der Waals surface area contributed by atoms with Gasteiger partial charge in [-0.05, 0) is 74.8 Å². The van der Waals surface area contributed by atoms with Crippen molar-refractivity contribution in [2.45, 2.75) is 76.7 Å². The van der Waals surface area contributed by atoms with Gasteiger partial charge < -0.3 is 35.9 Å². The van der Waals surface area contributed by atoms with E-state index >= 15 is 0 Å². The van der Waals surface area contributed by atoms with E-state index in [0.717, 1.165) is 24.8 Å². The monoisotopic (exact) mass is 715 g/mol.